The van der Waals surface area contributed by atoms with E-state index >= 15 is 0 Å². The zero-order valence-corrected chi connectivity index (χ0v) is 15.0. The van der Waals surface area contributed by atoms with Gasteiger partial charge in [-0.15, -0.1) is 0 Å². The number of nitrogens with zero attached hydrogens (tertiary/aromatic N) is 1. The predicted octanol–water partition coefficient (Wildman–Crippen LogP) is -0.154. The number of rotatable bonds is 7. The smallest absolute Gasteiger partial charge is 0.387 e. The molecule has 1 aliphatic heterocycles. The summed E-state index contributed by atoms with van der Waals surface area (Å²) in [5.74, 6) is -1.39. The molecule has 0 spiro atoms. The van der Waals surface area contributed by atoms with Gasteiger partial charge in [-0.3, -0.25) is 9.59 Å². The van der Waals surface area contributed by atoms with E-state index < -0.39 is 24.6 Å². The second kappa shape index (κ2) is 9.80. The highest BCUT2D eigenvalue weighted by molar-refractivity contribution is 5.99. The van der Waals surface area contributed by atoms with Crippen molar-refractivity contribution in [1.29, 1.82) is 0 Å². The van der Waals surface area contributed by atoms with E-state index in [-0.39, 0.29) is 37.0 Å². The van der Waals surface area contributed by atoms with Gasteiger partial charge in [0.15, 0.2) is 5.75 Å². The predicted molar refractivity (Wildman–Crippen MR) is 95.3 cm³/mol. The van der Waals surface area contributed by atoms with Crippen LogP contribution in [0, 0.1) is 0 Å². The highest BCUT2D eigenvalue weighted by Gasteiger charge is 2.24. The van der Waals surface area contributed by atoms with Gasteiger partial charge < -0.3 is 36.1 Å². The summed E-state index contributed by atoms with van der Waals surface area (Å²) in [5.41, 5.74) is 5.73. The zero-order valence-electron chi connectivity index (χ0n) is 15.0. The second-order valence-corrected chi connectivity index (χ2v) is 5.66. The molecule has 4 amide bonds. The van der Waals surface area contributed by atoms with E-state index in [1.165, 1.54) is 30.1 Å². The van der Waals surface area contributed by atoms with E-state index in [9.17, 15) is 23.2 Å². The van der Waals surface area contributed by atoms with Crippen molar-refractivity contribution in [3.63, 3.8) is 0 Å². The van der Waals surface area contributed by atoms with Crippen molar-refractivity contribution < 1.29 is 32.6 Å². The summed E-state index contributed by atoms with van der Waals surface area (Å²) in [7, 11) is 1.36. The monoisotopic (exact) mass is 401 g/mol. The Labute approximate surface area is 159 Å². The van der Waals surface area contributed by atoms with Gasteiger partial charge in [-0.1, -0.05) is 0 Å². The number of amides is 4. The average Bonchev–Trinajstić information content (AvgIpc) is 2.67. The molecule has 1 heterocycles. The van der Waals surface area contributed by atoms with Gasteiger partial charge in [-0.05, 0) is 12.1 Å². The number of morpholine rings is 1. The van der Waals surface area contributed by atoms with Crippen molar-refractivity contribution >= 4 is 29.2 Å². The molecule has 154 valence electrons. The molecule has 0 radical (unpaired) electrons. The average molecular weight is 401 g/mol. The lowest BCUT2D eigenvalue weighted by Crippen LogP contribution is -2.50. The van der Waals surface area contributed by atoms with Gasteiger partial charge in [-0.2, -0.15) is 8.78 Å². The Morgan fingerprint density at radius 1 is 1.39 bits per heavy atom. The minimum Gasteiger partial charge on any atom is -0.433 e. The minimum atomic E-state index is -3.15. The molecule has 0 unspecified atom stereocenters. The van der Waals surface area contributed by atoms with Crippen LogP contribution >= 0.6 is 0 Å². The second-order valence-electron chi connectivity index (χ2n) is 5.66. The van der Waals surface area contributed by atoms with Crippen molar-refractivity contribution in [3.05, 3.63) is 18.2 Å². The molecule has 1 aromatic carbocycles. The van der Waals surface area contributed by atoms with E-state index in [1.807, 2.05) is 0 Å². The summed E-state index contributed by atoms with van der Waals surface area (Å²) in [6.07, 6.45) is 0. The van der Waals surface area contributed by atoms with Crippen LogP contribution < -0.4 is 31.3 Å². The number of alkyl halides is 2. The number of nitrogens with two attached hydrogens (primary N) is 1. The maximum atomic E-state index is 12.8. The molecule has 0 saturated carbocycles. The molecule has 28 heavy (non-hydrogen) atoms. The maximum absolute atomic E-state index is 12.8. The van der Waals surface area contributed by atoms with Crippen molar-refractivity contribution in [1.82, 2.24) is 10.6 Å². The molecule has 5 N–H and O–H groups in total. The lowest BCUT2D eigenvalue weighted by atomic mass is 10.2. The van der Waals surface area contributed by atoms with Crippen LogP contribution in [0.15, 0.2) is 18.2 Å². The number of halogens is 2. The Morgan fingerprint density at radius 3 is 2.75 bits per heavy atom. The van der Waals surface area contributed by atoms with E-state index in [2.05, 4.69) is 20.7 Å². The van der Waals surface area contributed by atoms with E-state index in [0.29, 0.717) is 12.3 Å². The van der Waals surface area contributed by atoms with E-state index in [0.717, 1.165) is 0 Å². The molecule has 1 fully saturated rings. The number of hydrogen-bond donors (Lipinski definition) is 4. The van der Waals surface area contributed by atoms with Crippen LogP contribution in [0.3, 0.4) is 0 Å². The molecule has 0 aromatic heterocycles. The number of hydrogen-bond acceptors (Lipinski definition) is 6. The minimum absolute atomic E-state index is 0.0630. The molecule has 1 aliphatic rings. The lowest BCUT2D eigenvalue weighted by Gasteiger charge is -2.27. The summed E-state index contributed by atoms with van der Waals surface area (Å²) in [6, 6.07) is 2.28. The van der Waals surface area contributed by atoms with Crippen molar-refractivity contribution in [2.75, 3.05) is 43.6 Å². The standard InChI is InChI=1S/C16H21F2N5O5/c1-20-16(26)22-11(7-19)14(25)21-10-3-2-9(6-12(10)28-15(17)18)23-4-5-27-8-13(23)24/h2-3,6,11,15H,4-5,7-8,19H2,1H3,(H,21,25)(H2,20,22,26)/t11-/m0/s1. The Kier molecular flexibility index (Phi) is 7.46. The third kappa shape index (κ3) is 5.50. The van der Waals surface area contributed by atoms with E-state index in [4.69, 9.17) is 10.5 Å². The number of ether oxygens (including phenoxy) is 2. The number of benzene rings is 1. The fourth-order valence-electron chi connectivity index (χ4n) is 2.45. The van der Waals surface area contributed by atoms with Crippen LogP contribution in [0.2, 0.25) is 0 Å². The number of anilines is 2. The van der Waals surface area contributed by atoms with Crippen molar-refractivity contribution in [2.24, 2.45) is 5.73 Å². The molecule has 0 aliphatic carbocycles. The molecular weight excluding hydrogens is 380 g/mol. The first kappa shape index (κ1) is 21.3. The summed E-state index contributed by atoms with van der Waals surface area (Å²) < 4.78 is 35.1. The topological polar surface area (TPSA) is 135 Å². The fraction of sp³-hybridized carbons (Fsp3) is 0.438. The van der Waals surface area contributed by atoms with Crippen LogP contribution in [0.25, 0.3) is 0 Å². The maximum Gasteiger partial charge on any atom is 0.387 e. The lowest BCUT2D eigenvalue weighted by molar-refractivity contribution is -0.125. The third-order valence-electron chi connectivity index (χ3n) is 3.82. The zero-order chi connectivity index (χ0) is 20.7. The molecule has 12 heteroatoms. The SMILES string of the molecule is CNC(=O)N[C@@H](CN)C(=O)Nc1ccc(N2CCOCC2=O)cc1OC(F)F. The largest absolute Gasteiger partial charge is 0.433 e. The Morgan fingerprint density at radius 2 is 2.14 bits per heavy atom. The van der Waals surface area contributed by atoms with Crippen molar-refractivity contribution in [2.45, 2.75) is 12.7 Å². The van der Waals surface area contributed by atoms with Gasteiger partial charge >= 0.3 is 12.6 Å². The van der Waals surface area contributed by atoms with Crippen LogP contribution in [0.5, 0.6) is 5.75 Å². The number of carbonyl (C=O) groups is 3. The van der Waals surface area contributed by atoms with Gasteiger partial charge in [0.05, 0.1) is 12.3 Å². The number of nitrogens with one attached hydrogen (secondary N) is 3. The fourth-order valence-corrected chi connectivity index (χ4v) is 2.45. The van der Waals surface area contributed by atoms with Gasteiger partial charge in [0.25, 0.3) is 5.91 Å². The van der Waals surface area contributed by atoms with E-state index in [1.54, 1.807) is 0 Å². The number of carbonyl (C=O) groups excluding carboxylic acids is 3. The van der Waals surface area contributed by atoms with Crippen molar-refractivity contribution in [3.8, 4) is 5.75 Å². The third-order valence-corrected chi connectivity index (χ3v) is 3.82. The molecule has 1 aromatic rings. The highest BCUT2D eigenvalue weighted by atomic mass is 19.3. The molecule has 10 nitrogen and oxygen atoms in total. The van der Waals surface area contributed by atoms with Gasteiger partial charge in [0, 0.05) is 31.9 Å². The normalized spacial score (nSPS) is 15.2. The summed E-state index contributed by atoms with van der Waals surface area (Å²) in [4.78, 5) is 37.0. The molecule has 1 atom stereocenters. The Bertz CT molecular complexity index is 733. The van der Waals surface area contributed by atoms with Gasteiger partial charge in [0.2, 0.25) is 5.91 Å². The van der Waals surface area contributed by atoms with Crippen LogP contribution in [-0.4, -0.2) is 63.8 Å². The van der Waals surface area contributed by atoms with Gasteiger partial charge in [0.1, 0.15) is 12.6 Å². The van der Waals surface area contributed by atoms with Gasteiger partial charge in [-0.25, -0.2) is 4.79 Å². The first-order valence-corrected chi connectivity index (χ1v) is 8.31. The first-order valence-electron chi connectivity index (χ1n) is 8.31. The highest BCUT2D eigenvalue weighted by Crippen LogP contribution is 2.32. The molecule has 2 rings (SSSR count). The molecular formula is C16H21F2N5O5. The number of urea groups is 1. The summed E-state index contributed by atoms with van der Waals surface area (Å²) in [5, 5.41) is 6.99. The Balaban J connectivity index is 2.23. The van der Waals surface area contributed by atoms with Crippen LogP contribution in [-0.2, 0) is 14.3 Å². The van der Waals surface area contributed by atoms with Crippen LogP contribution in [0.4, 0.5) is 25.0 Å². The molecule has 0 bridgehead atoms. The quantitative estimate of drug-likeness (QED) is 0.502. The molecule has 1 saturated heterocycles. The Hall–Kier alpha value is -2.99. The summed E-state index contributed by atoms with van der Waals surface area (Å²) >= 11 is 0. The summed E-state index contributed by atoms with van der Waals surface area (Å²) in [6.45, 7) is -2.93. The van der Waals surface area contributed by atoms with Crippen LogP contribution in [0.1, 0.15) is 0 Å². The first-order chi connectivity index (χ1) is 13.3.